The minimum absolute atomic E-state index is 0.0531. The van der Waals surface area contributed by atoms with E-state index in [0.717, 1.165) is 0 Å². The van der Waals surface area contributed by atoms with E-state index in [2.05, 4.69) is 0 Å². The molecular formula is C12H17F3N2O. The lowest BCUT2D eigenvalue weighted by Crippen LogP contribution is -2.40. The van der Waals surface area contributed by atoms with Gasteiger partial charge in [-0.3, -0.25) is 4.79 Å². The van der Waals surface area contributed by atoms with E-state index < -0.39 is 18.0 Å². The molecule has 1 rings (SSSR count). The van der Waals surface area contributed by atoms with E-state index in [1.165, 1.54) is 4.90 Å². The number of halogens is 3. The first-order valence-corrected chi connectivity index (χ1v) is 6.12. The number of carbonyl (C=O) groups is 1. The fraction of sp³-hybridized carbons (Fsp3) is 0.833. The number of nitriles is 1. The van der Waals surface area contributed by atoms with Gasteiger partial charge in [0.05, 0.1) is 12.0 Å². The summed E-state index contributed by atoms with van der Waals surface area (Å²) in [7, 11) is 0. The molecule has 1 amide bonds. The van der Waals surface area contributed by atoms with Gasteiger partial charge in [-0.15, -0.1) is 0 Å². The van der Waals surface area contributed by atoms with E-state index in [0.29, 0.717) is 19.4 Å². The third-order valence-corrected chi connectivity index (χ3v) is 3.44. The van der Waals surface area contributed by atoms with Crippen molar-refractivity contribution >= 4 is 5.91 Å². The van der Waals surface area contributed by atoms with Crippen LogP contribution in [0.3, 0.4) is 0 Å². The summed E-state index contributed by atoms with van der Waals surface area (Å²) in [4.78, 5) is 13.3. The fourth-order valence-electron chi connectivity index (χ4n) is 2.40. The zero-order valence-electron chi connectivity index (χ0n) is 10.3. The van der Waals surface area contributed by atoms with Crippen LogP contribution in [0.25, 0.3) is 0 Å². The predicted molar refractivity (Wildman–Crippen MR) is 59.4 cm³/mol. The van der Waals surface area contributed by atoms with Gasteiger partial charge < -0.3 is 4.90 Å². The van der Waals surface area contributed by atoms with E-state index in [-0.39, 0.29) is 25.3 Å². The highest BCUT2D eigenvalue weighted by molar-refractivity contribution is 5.79. The molecule has 3 nitrogen and oxygen atoms in total. The van der Waals surface area contributed by atoms with Crippen molar-refractivity contribution in [1.82, 2.24) is 4.90 Å². The van der Waals surface area contributed by atoms with Crippen LogP contribution in [0.15, 0.2) is 0 Å². The molecule has 1 aliphatic carbocycles. The van der Waals surface area contributed by atoms with Gasteiger partial charge in [-0.2, -0.15) is 18.4 Å². The molecule has 0 radical (unpaired) electrons. The second kappa shape index (κ2) is 6.07. The van der Waals surface area contributed by atoms with E-state index in [9.17, 15) is 18.0 Å². The van der Waals surface area contributed by atoms with Crippen molar-refractivity contribution in [3.63, 3.8) is 0 Å². The first-order chi connectivity index (χ1) is 8.40. The molecule has 0 aliphatic heterocycles. The molecule has 102 valence electrons. The Kier molecular flexibility index (Phi) is 5.00. The third-order valence-electron chi connectivity index (χ3n) is 3.44. The topological polar surface area (TPSA) is 44.1 Å². The number of hydrogen-bond donors (Lipinski definition) is 0. The zero-order valence-corrected chi connectivity index (χ0v) is 10.3. The van der Waals surface area contributed by atoms with Crippen molar-refractivity contribution in [3.05, 3.63) is 0 Å². The van der Waals surface area contributed by atoms with Crippen molar-refractivity contribution in [2.45, 2.75) is 38.8 Å². The van der Waals surface area contributed by atoms with Crippen LogP contribution in [0.5, 0.6) is 0 Å². The minimum atomic E-state index is -4.22. The molecule has 6 heteroatoms. The van der Waals surface area contributed by atoms with Crippen molar-refractivity contribution in [1.29, 1.82) is 5.26 Å². The van der Waals surface area contributed by atoms with Crippen LogP contribution in [0, 0.1) is 23.2 Å². The number of amides is 1. The van der Waals surface area contributed by atoms with Crippen LogP contribution in [0.1, 0.15) is 32.6 Å². The largest absolute Gasteiger partial charge is 0.391 e. The molecule has 1 fully saturated rings. The summed E-state index contributed by atoms with van der Waals surface area (Å²) in [6.07, 6.45) is -3.33. The van der Waals surface area contributed by atoms with Crippen LogP contribution in [0.2, 0.25) is 0 Å². The fourth-order valence-corrected chi connectivity index (χ4v) is 2.40. The molecule has 2 unspecified atom stereocenters. The molecule has 0 aromatic carbocycles. The molecular weight excluding hydrogens is 245 g/mol. The standard InChI is InChI=1S/C12H17F3N2O/c1-2-17(7-6-16)11(18)9-4-3-5-10(8-9)12(13,14)15/h9-10H,2-5,7-8H2,1H3. The normalized spacial score (nSPS) is 24.4. The average molecular weight is 262 g/mol. The first-order valence-electron chi connectivity index (χ1n) is 6.12. The molecule has 1 aliphatic rings. The van der Waals surface area contributed by atoms with Crippen LogP contribution >= 0.6 is 0 Å². The number of hydrogen-bond acceptors (Lipinski definition) is 2. The monoisotopic (exact) mass is 262 g/mol. The Hall–Kier alpha value is -1.25. The van der Waals surface area contributed by atoms with Gasteiger partial charge in [0.15, 0.2) is 0 Å². The summed E-state index contributed by atoms with van der Waals surface area (Å²) in [6, 6.07) is 1.86. The summed E-state index contributed by atoms with van der Waals surface area (Å²) in [5, 5.41) is 8.57. The van der Waals surface area contributed by atoms with Crippen LogP contribution < -0.4 is 0 Å². The third kappa shape index (κ3) is 3.62. The maximum Gasteiger partial charge on any atom is 0.391 e. The SMILES string of the molecule is CCN(CC#N)C(=O)C1CCCC(C(F)(F)F)C1. The first kappa shape index (κ1) is 14.8. The van der Waals surface area contributed by atoms with Crippen molar-refractivity contribution in [3.8, 4) is 6.07 Å². The summed E-state index contributed by atoms with van der Waals surface area (Å²) >= 11 is 0. The zero-order chi connectivity index (χ0) is 13.8. The van der Waals surface area contributed by atoms with Gasteiger partial charge in [-0.1, -0.05) is 6.42 Å². The number of alkyl halides is 3. The lowest BCUT2D eigenvalue weighted by atomic mass is 9.80. The summed E-state index contributed by atoms with van der Waals surface area (Å²) in [5.41, 5.74) is 0. The van der Waals surface area contributed by atoms with Gasteiger partial charge in [-0.25, -0.2) is 0 Å². The second-order valence-corrected chi connectivity index (χ2v) is 4.61. The molecule has 0 aromatic heterocycles. The summed E-state index contributed by atoms with van der Waals surface area (Å²) in [6.45, 7) is 2.03. The van der Waals surface area contributed by atoms with Crippen molar-refractivity contribution < 1.29 is 18.0 Å². The average Bonchev–Trinajstić information content (AvgIpc) is 2.34. The summed E-state index contributed by atoms with van der Waals surface area (Å²) in [5.74, 6) is -2.27. The van der Waals surface area contributed by atoms with E-state index in [1.54, 1.807) is 6.92 Å². The van der Waals surface area contributed by atoms with Gasteiger partial charge in [-0.05, 0) is 26.2 Å². The Morgan fingerprint density at radius 2 is 2.11 bits per heavy atom. The Bertz CT molecular complexity index is 335. The van der Waals surface area contributed by atoms with Gasteiger partial charge in [0.2, 0.25) is 5.91 Å². The van der Waals surface area contributed by atoms with Crippen molar-refractivity contribution in [2.24, 2.45) is 11.8 Å². The lowest BCUT2D eigenvalue weighted by molar-refractivity contribution is -0.187. The highest BCUT2D eigenvalue weighted by atomic mass is 19.4. The molecule has 0 aromatic rings. The quantitative estimate of drug-likeness (QED) is 0.734. The predicted octanol–water partition coefficient (Wildman–Crippen LogP) is 2.73. The summed E-state index contributed by atoms with van der Waals surface area (Å²) < 4.78 is 37.9. The van der Waals surface area contributed by atoms with Crippen LogP contribution in [0.4, 0.5) is 13.2 Å². The Labute approximate surface area is 105 Å². The van der Waals surface area contributed by atoms with E-state index in [1.807, 2.05) is 6.07 Å². The van der Waals surface area contributed by atoms with Crippen LogP contribution in [-0.2, 0) is 4.79 Å². The van der Waals surface area contributed by atoms with Gasteiger partial charge in [0.25, 0.3) is 0 Å². The maximum atomic E-state index is 12.6. The molecule has 0 N–H and O–H groups in total. The number of rotatable bonds is 3. The molecule has 2 atom stereocenters. The van der Waals surface area contributed by atoms with Gasteiger partial charge in [0.1, 0.15) is 6.54 Å². The molecule has 0 heterocycles. The Morgan fingerprint density at radius 1 is 1.44 bits per heavy atom. The molecule has 1 saturated carbocycles. The Morgan fingerprint density at radius 3 is 2.61 bits per heavy atom. The number of carbonyl (C=O) groups excluding carboxylic acids is 1. The maximum absolute atomic E-state index is 12.6. The molecule has 18 heavy (non-hydrogen) atoms. The molecule has 0 bridgehead atoms. The lowest BCUT2D eigenvalue weighted by Gasteiger charge is -2.32. The number of nitrogens with zero attached hydrogens (tertiary/aromatic N) is 2. The van der Waals surface area contributed by atoms with Crippen molar-refractivity contribution in [2.75, 3.05) is 13.1 Å². The highest BCUT2D eigenvalue weighted by Crippen LogP contribution is 2.40. The second-order valence-electron chi connectivity index (χ2n) is 4.61. The molecule has 0 saturated heterocycles. The van der Waals surface area contributed by atoms with Gasteiger partial charge in [0, 0.05) is 12.5 Å². The Balaban J connectivity index is 2.66. The minimum Gasteiger partial charge on any atom is -0.329 e. The molecule has 0 spiro atoms. The van der Waals surface area contributed by atoms with Gasteiger partial charge >= 0.3 is 6.18 Å². The highest BCUT2D eigenvalue weighted by Gasteiger charge is 2.44. The van der Waals surface area contributed by atoms with Crippen LogP contribution in [-0.4, -0.2) is 30.1 Å². The van der Waals surface area contributed by atoms with E-state index >= 15 is 0 Å². The smallest absolute Gasteiger partial charge is 0.329 e. The van der Waals surface area contributed by atoms with E-state index in [4.69, 9.17) is 5.26 Å².